The fourth-order valence-corrected chi connectivity index (χ4v) is 2.51. The SMILES string of the molecule is Cc1cc(C(=O)NC2(CC(=O)O)CCOCC2)nc(C(F)(F)F)n1. The van der Waals surface area contributed by atoms with Gasteiger partial charge in [-0.2, -0.15) is 13.2 Å². The molecule has 1 aromatic rings. The van der Waals surface area contributed by atoms with Crippen LogP contribution < -0.4 is 5.32 Å². The number of carbonyl (C=O) groups excluding carboxylic acids is 1. The van der Waals surface area contributed by atoms with E-state index in [9.17, 15) is 22.8 Å². The standard InChI is InChI=1S/C14H16F3N3O4/c1-8-6-9(19-12(18-8)14(15,16)17)11(23)20-13(7-10(21)22)2-4-24-5-3-13/h6H,2-5,7H2,1H3,(H,20,23)(H,21,22). The average Bonchev–Trinajstić information content (AvgIpc) is 2.45. The maximum atomic E-state index is 12.8. The summed E-state index contributed by atoms with van der Waals surface area (Å²) >= 11 is 0. The van der Waals surface area contributed by atoms with Crippen molar-refractivity contribution >= 4 is 11.9 Å². The fourth-order valence-electron chi connectivity index (χ4n) is 2.51. The lowest BCUT2D eigenvalue weighted by atomic mass is 9.86. The number of halogens is 3. The summed E-state index contributed by atoms with van der Waals surface area (Å²) in [5.41, 5.74) is -1.54. The molecule has 2 N–H and O–H groups in total. The Balaban J connectivity index is 2.27. The predicted octanol–water partition coefficient (Wildman–Crippen LogP) is 1.56. The molecule has 0 aliphatic carbocycles. The summed E-state index contributed by atoms with van der Waals surface area (Å²) in [4.78, 5) is 29.9. The van der Waals surface area contributed by atoms with Crippen LogP contribution in [-0.4, -0.2) is 45.7 Å². The molecule has 1 aliphatic heterocycles. The average molecular weight is 347 g/mol. The number of aliphatic carboxylic acids is 1. The third kappa shape index (κ3) is 4.40. The molecular weight excluding hydrogens is 331 g/mol. The number of hydrogen-bond donors (Lipinski definition) is 2. The van der Waals surface area contributed by atoms with E-state index in [2.05, 4.69) is 15.3 Å². The third-order valence-electron chi connectivity index (χ3n) is 3.66. The first-order chi connectivity index (χ1) is 11.1. The van der Waals surface area contributed by atoms with Gasteiger partial charge in [-0.25, -0.2) is 9.97 Å². The molecule has 0 radical (unpaired) electrons. The van der Waals surface area contributed by atoms with Crippen LogP contribution in [0.15, 0.2) is 6.07 Å². The van der Waals surface area contributed by atoms with Gasteiger partial charge in [-0.05, 0) is 25.8 Å². The molecule has 1 amide bonds. The lowest BCUT2D eigenvalue weighted by Gasteiger charge is -2.36. The number of carboxylic acids is 1. The van der Waals surface area contributed by atoms with Crippen molar-refractivity contribution < 1.29 is 32.6 Å². The predicted molar refractivity (Wildman–Crippen MR) is 74.3 cm³/mol. The number of nitrogens with one attached hydrogen (secondary N) is 1. The van der Waals surface area contributed by atoms with E-state index in [4.69, 9.17) is 9.84 Å². The monoisotopic (exact) mass is 347 g/mol. The van der Waals surface area contributed by atoms with Crippen LogP contribution in [0.5, 0.6) is 0 Å². The van der Waals surface area contributed by atoms with Gasteiger partial charge < -0.3 is 15.2 Å². The summed E-state index contributed by atoms with van der Waals surface area (Å²) in [6.45, 7) is 1.82. The van der Waals surface area contributed by atoms with Crippen LogP contribution in [0.2, 0.25) is 0 Å². The van der Waals surface area contributed by atoms with Gasteiger partial charge in [-0.3, -0.25) is 9.59 Å². The van der Waals surface area contributed by atoms with E-state index >= 15 is 0 Å². The molecule has 0 aromatic carbocycles. The summed E-state index contributed by atoms with van der Waals surface area (Å²) < 4.78 is 43.5. The summed E-state index contributed by atoms with van der Waals surface area (Å²) in [6.07, 6.45) is -4.63. The Kier molecular flexibility index (Phi) is 5.07. The van der Waals surface area contributed by atoms with Crippen molar-refractivity contribution in [2.45, 2.75) is 37.9 Å². The van der Waals surface area contributed by atoms with Crippen LogP contribution in [0.25, 0.3) is 0 Å². The second-order valence-electron chi connectivity index (χ2n) is 5.63. The second-order valence-corrected chi connectivity index (χ2v) is 5.63. The molecule has 10 heteroatoms. The molecular formula is C14H16F3N3O4. The lowest BCUT2D eigenvalue weighted by Crippen LogP contribution is -2.53. The van der Waals surface area contributed by atoms with Crippen molar-refractivity contribution in [2.24, 2.45) is 0 Å². The minimum atomic E-state index is -4.78. The van der Waals surface area contributed by atoms with Gasteiger partial charge in [0.15, 0.2) is 0 Å². The van der Waals surface area contributed by atoms with Gasteiger partial charge in [0.25, 0.3) is 5.91 Å². The van der Waals surface area contributed by atoms with Crippen molar-refractivity contribution in [1.29, 1.82) is 0 Å². The number of amides is 1. The van der Waals surface area contributed by atoms with Crippen molar-refractivity contribution in [3.63, 3.8) is 0 Å². The number of hydrogen-bond acceptors (Lipinski definition) is 5. The molecule has 1 saturated heterocycles. The summed E-state index contributed by atoms with van der Waals surface area (Å²) in [6, 6.07) is 1.12. The molecule has 0 spiro atoms. The fraction of sp³-hybridized carbons (Fsp3) is 0.571. The normalized spacial score (nSPS) is 17.3. The van der Waals surface area contributed by atoms with Gasteiger partial charge in [-0.1, -0.05) is 0 Å². The summed E-state index contributed by atoms with van der Waals surface area (Å²) in [5, 5.41) is 11.6. The Bertz CT molecular complexity index is 643. The van der Waals surface area contributed by atoms with Crippen LogP contribution in [0, 0.1) is 6.92 Å². The third-order valence-corrected chi connectivity index (χ3v) is 3.66. The maximum absolute atomic E-state index is 12.8. The number of rotatable bonds is 4. The van der Waals surface area contributed by atoms with Crippen LogP contribution >= 0.6 is 0 Å². The van der Waals surface area contributed by atoms with Gasteiger partial charge in [0.1, 0.15) is 5.69 Å². The minimum absolute atomic E-state index is 0.0123. The first-order valence-corrected chi connectivity index (χ1v) is 7.16. The molecule has 24 heavy (non-hydrogen) atoms. The molecule has 0 saturated carbocycles. The van der Waals surface area contributed by atoms with E-state index in [1.54, 1.807) is 0 Å². The van der Waals surface area contributed by atoms with Crippen molar-refractivity contribution in [3.05, 3.63) is 23.3 Å². The Morgan fingerprint density at radius 1 is 1.33 bits per heavy atom. The summed E-state index contributed by atoms with van der Waals surface area (Å²) in [5.74, 6) is -3.40. The van der Waals surface area contributed by atoms with Gasteiger partial charge in [0.2, 0.25) is 5.82 Å². The maximum Gasteiger partial charge on any atom is 0.451 e. The van der Waals surface area contributed by atoms with E-state index in [0.29, 0.717) is 0 Å². The highest BCUT2D eigenvalue weighted by Crippen LogP contribution is 2.27. The Morgan fingerprint density at radius 3 is 2.50 bits per heavy atom. The van der Waals surface area contributed by atoms with Crippen molar-refractivity contribution in [1.82, 2.24) is 15.3 Å². The number of aryl methyl sites for hydroxylation is 1. The Labute approximate surface area is 135 Å². The van der Waals surface area contributed by atoms with Crippen LogP contribution in [0.1, 0.15) is 41.3 Å². The summed E-state index contributed by atoms with van der Waals surface area (Å²) in [7, 11) is 0. The molecule has 2 heterocycles. The molecule has 1 aromatic heterocycles. The molecule has 0 atom stereocenters. The second kappa shape index (κ2) is 6.71. The van der Waals surface area contributed by atoms with Gasteiger partial charge in [-0.15, -0.1) is 0 Å². The van der Waals surface area contributed by atoms with Gasteiger partial charge >= 0.3 is 12.1 Å². The van der Waals surface area contributed by atoms with E-state index in [1.807, 2.05) is 0 Å². The number of carboxylic acid groups (broad SMARTS) is 1. The van der Waals surface area contributed by atoms with Crippen molar-refractivity contribution in [3.8, 4) is 0 Å². The Morgan fingerprint density at radius 2 is 1.96 bits per heavy atom. The number of ether oxygens (including phenoxy) is 1. The Hall–Kier alpha value is -2.23. The van der Waals surface area contributed by atoms with Crippen molar-refractivity contribution in [2.75, 3.05) is 13.2 Å². The number of alkyl halides is 3. The van der Waals surface area contributed by atoms with E-state index in [0.717, 1.165) is 6.07 Å². The minimum Gasteiger partial charge on any atom is -0.481 e. The van der Waals surface area contributed by atoms with E-state index < -0.39 is 35.1 Å². The largest absolute Gasteiger partial charge is 0.481 e. The quantitative estimate of drug-likeness (QED) is 0.857. The first kappa shape index (κ1) is 18.1. The molecule has 7 nitrogen and oxygen atoms in total. The molecule has 1 aliphatic rings. The van der Waals surface area contributed by atoms with Crippen LogP contribution in [0.4, 0.5) is 13.2 Å². The van der Waals surface area contributed by atoms with Crippen LogP contribution in [0.3, 0.4) is 0 Å². The molecule has 0 bridgehead atoms. The highest BCUT2D eigenvalue weighted by molar-refractivity contribution is 5.93. The molecule has 1 fully saturated rings. The zero-order chi connectivity index (χ0) is 18.0. The highest BCUT2D eigenvalue weighted by atomic mass is 19.4. The molecule has 132 valence electrons. The van der Waals surface area contributed by atoms with E-state index in [-0.39, 0.29) is 38.2 Å². The van der Waals surface area contributed by atoms with E-state index in [1.165, 1.54) is 6.92 Å². The van der Waals surface area contributed by atoms with Crippen LogP contribution in [-0.2, 0) is 15.7 Å². The zero-order valence-corrected chi connectivity index (χ0v) is 12.8. The number of nitrogens with zero attached hydrogens (tertiary/aromatic N) is 2. The number of aromatic nitrogens is 2. The zero-order valence-electron chi connectivity index (χ0n) is 12.8. The number of carbonyl (C=O) groups is 2. The topological polar surface area (TPSA) is 101 Å². The smallest absolute Gasteiger partial charge is 0.451 e. The lowest BCUT2D eigenvalue weighted by molar-refractivity contribution is -0.145. The van der Waals surface area contributed by atoms with Gasteiger partial charge in [0.05, 0.1) is 12.0 Å². The first-order valence-electron chi connectivity index (χ1n) is 7.16. The highest BCUT2D eigenvalue weighted by Gasteiger charge is 2.38. The molecule has 2 rings (SSSR count). The van der Waals surface area contributed by atoms with Gasteiger partial charge in [0, 0.05) is 18.9 Å². The molecule has 0 unspecified atom stereocenters.